The second kappa shape index (κ2) is 6.20. The van der Waals surface area contributed by atoms with Gasteiger partial charge in [-0.25, -0.2) is 9.82 Å². The number of hydrogen-bond acceptors (Lipinski definition) is 3. The quantitative estimate of drug-likeness (QED) is 0.657. The summed E-state index contributed by atoms with van der Waals surface area (Å²) < 4.78 is 20.1. The van der Waals surface area contributed by atoms with E-state index < -0.39 is 5.60 Å². The molecule has 0 radical (unpaired) electrons. The van der Waals surface area contributed by atoms with Crippen LogP contribution in [0.25, 0.3) is 0 Å². The van der Waals surface area contributed by atoms with Crippen molar-refractivity contribution in [1.29, 1.82) is 0 Å². The van der Waals surface area contributed by atoms with Crippen molar-refractivity contribution in [1.82, 2.24) is 5.43 Å². The van der Waals surface area contributed by atoms with E-state index >= 15 is 0 Å². The van der Waals surface area contributed by atoms with Gasteiger partial charge in [0, 0.05) is 12.7 Å². The summed E-state index contributed by atoms with van der Waals surface area (Å²) >= 11 is 0. The molecule has 0 bridgehead atoms. The Morgan fingerprint density at radius 1 is 1.50 bits per heavy atom. The van der Waals surface area contributed by atoms with Gasteiger partial charge in [-0.1, -0.05) is 37.5 Å². The number of hydrazine groups is 1. The maximum absolute atomic E-state index is 14.2. The summed E-state index contributed by atoms with van der Waals surface area (Å²) in [5.41, 5.74) is 4.00. The van der Waals surface area contributed by atoms with Crippen molar-refractivity contribution in [3.63, 3.8) is 0 Å². The SMILES string of the molecule is COC1(C(NN)c2cc(C)ccc2F)CCCC(C)C1. The highest BCUT2D eigenvalue weighted by molar-refractivity contribution is 5.29. The molecule has 1 aromatic rings. The molecule has 0 spiro atoms. The van der Waals surface area contributed by atoms with Crippen LogP contribution in [-0.2, 0) is 4.74 Å². The van der Waals surface area contributed by atoms with Crippen molar-refractivity contribution in [3.05, 3.63) is 35.1 Å². The maximum Gasteiger partial charge on any atom is 0.128 e. The van der Waals surface area contributed by atoms with Crippen LogP contribution in [0.2, 0.25) is 0 Å². The van der Waals surface area contributed by atoms with Crippen LogP contribution >= 0.6 is 0 Å². The molecule has 20 heavy (non-hydrogen) atoms. The summed E-state index contributed by atoms with van der Waals surface area (Å²) in [7, 11) is 1.70. The lowest BCUT2D eigenvalue weighted by molar-refractivity contribution is -0.0813. The van der Waals surface area contributed by atoms with Gasteiger partial charge in [0.05, 0.1) is 11.6 Å². The molecule has 1 aliphatic rings. The van der Waals surface area contributed by atoms with Gasteiger partial charge in [0.2, 0.25) is 0 Å². The van der Waals surface area contributed by atoms with Gasteiger partial charge in [0.1, 0.15) is 5.82 Å². The topological polar surface area (TPSA) is 47.3 Å². The Morgan fingerprint density at radius 2 is 2.25 bits per heavy atom. The van der Waals surface area contributed by atoms with Crippen molar-refractivity contribution >= 4 is 0 Å². The number of halogens is 1. The molecule has 112 valence electrons. The molecular weight excluding hydrogens is 255 g/mol. The van der Waals surface area contributed by atoms with Gasteiger partial charge in [-0.05, 0) is 31.7 Å². The highest BCUT2D eigenvalue weighted by Crippen LogP contribution is 2.43. The van der Waals surface area contributed by atoms with Gasteiger partial charge in [-0.2, -0.15) is 0 Å². The minimum absolute atomic E-state index is 0.229. The molecule has 1 fully saturated rings. The fourth-order valence-corrected chi connectivity index (χ4v) is 3.52. The number of nitrogens with two attached hydrogens (primary N) is 1. The van der Waals surface area contributed by atoms with Crippen LogP contribution in [-0.4, -0.2) is 12.7 Å². The molecule has 2 rings (SSSR count). The zero-order valence-corrected chi connectivity index (χ0v) is 12.6. The van der Waals surface area contributed by atoms with Gasteiger partial charge >= 0.3 is 0 Å². The zero-order valence-electron chi connectivity index (χ0n) is 12.6. The first kappa shape index (κ1) is 15.4. The molecule has 3 N–H and O–H groups in total. The molecule has 4 heteroatoms. The van der Waals surface area contributed by atoms with E-state index in [-0.39, 0.29) is 11.9 Å². The van der Waals surface area contributed by atoms with E-state index in [1.54, 1.807) is 13.2 Å². The standard InChI is InChI=1S/C16H25FN2O/c1-11-6-7-14(17)13(9-11)15(19-18)16(20-3)8-4-5-12(2)10-16/h6-7,9,12,15,19H,4-5,8,10,18H2,1-3H3. The first-order valence-corrected chi connectivity index (χ1v) is 7.30. The molecule has 3 atom stereocenters. The summed E-state index contributed by atoms with van der Waals surface area (Å²) in [6.45, 7) is 4.17. The molecule has 0 aliphatic heterocycles. The van der Waals surface area contributed by atoms with E-state index in [2.05, 4.69) is 12.3 Å². The van der Waals surface area contributed by atoms with Gasteiger partial charge in [-0.15, -0.1) is 0 Å². The second-order valence-corrected chi connectivity index (χ2v) is 6.10. The van der Waals surface area contributed by atoms with Crippen LogP contribution < -0.4 is 11.3 Å². The van der Waals surface area contributed by atoms with Gasteiger partial charge in [0.25, 0.3) is 0 Å². The summed E-state index contributed by atoms with van der Waals surface area (Å²) in [6.07, 6.45) is 4.07. The highest BCUT2D eigenvalue weighted by Gasteiger charge is 2.43. The number of nitrogens with one attached hydrogen (secondary N) is 1. The van der Waals surface area contributed by atoms with Gasteiger partial charge in [-0.3, -0.25) is 5.84 Å². The molecule has 0 saturated heterocycles. The largest absolute Gasteiger partial charge is 0.376 e. The van der Waals surface area contributed by atoms with Crippen LogP contribution in [0.3, 0.4) is 0 Å². The number of benzene rings is 1. The normalized spacial score (nSPS) is 28.4. The van der Waals surface area contributed by atoms with Crippen LogP contribution in [0.15, 0.2) is 18.2 Å². The van der Waals surface area contributed by atoms with E-state index in [0.717, 1.165) is 24.8 Å². The van der Waals surface area contributed by atoms with Gasteiger partial charge < -0.3 is 4.74 Å². The molecule has 1 aromatic carbocycles. The van der Waals surface area contributed by atoms with Crippen molar-refractivity contribution in [3.8, 4) is 0 Å². The van der Waals surface area contributed by atoms with Crippen LogP contribution in [0.5, 0.6) is 0 Å². The highest BCUT2D eigenvalue weighted by atomic mass is 19.1. The molecular formula is C16H25FN2O. The van der Waals surface area contributed by atoms with E-state index in [1.807, 2.05) is 13.0 Å². The Balaban J connectivity index is 2.41. The van der Waals surface area contributed by atoms with E-state index in [4.69, 9.17) is 10.6 Å². The number of rotatable bonds is 4. The Bertz CT molecular complexity index is 466. The lowest BCUT2D eigenvalue weighted by Crippen LogP contribution is -2.50. The Morgan fingerprint density at radius 3 is 2.85 bits per heavy atom. The number of methoxy groups -OCH3 is 1. The fraction of sp³-hybridized carbons (Fsp3) is 0.625. The smallest absolute Gasteiger partial charge is 0.128 e. The van der Waals surface area contributed by atoms with Crippen molar-refractivity contribution in [2.24, 2.45) is 11.8 Å². The molecule has 3 unspecified atom stereocenters. The minimum Gasteiger partial charge on any atom is -0.376 e. The molecule has 0 heterocycles. The summed E-state index contributed by atoms with van der Waals surface area (Å²) in [6, 6.07) is 4.81. The third-order valence-electron chi connectivity index (χ3n) is 4.55. The predicted molar refractivity (Wildman–Crippen MR) is 78.6 cm³/mol. The van der Waals surface area contributed by atoms with Crippen molar-refractivity contribution < 1.29 is 9.13 Å². The minimum atomic E-state index is -0.430. The zero-order chi connectivity index (χ0) is 14.8. The number of aryl methyl sites for hydroxylation is 1. The summed E-state index contributed by atoms with van der Waals surface area (Å²) in [4.78, 5) is 0. The van der Waals surface area contributed by atoms with Crippen LogP contribution in [0, 0.1) is 18.7 Å². The fourth-order valence-electron chi connectivity index (χ4n) is 3.52. The van der Waals surface area contributed by atoms with E-state index in [1.165, 1.54) is 12.5 Å². The lowest BCUT2D eigenvalue weighted by atomic mass is 9.72. The Kier molecular flexibility index (Phi) is 4.78. The third-order valence-corrected chi connectivity index (χ3v) is 4.55. The van der Waals surface area contributed by atoms with Crippen molar-refractivity contribution in [2.75, 3.05) is 7.11 Å². The molecule has 3 nitrogen and oxygen atoms in total. The van der Waals surface area contributed by atoms with E-state index in [9.17, 15) is 4.39 Å². The molecule has 0 aromatic heterocycles. The first-order valence-electron chi connectivity index (χ1n) is 7.30. The monoisotopic (exact) mass is 280 g/mol. The lowest BCUT2D eigenvalue weighted by Gasteiger charge is -2.44. The third kappa shape index (κ3) is 2.87. The van der Waals surface area contributed by atoms with Gasteiger partial charge in [0.15, 0.2) is 0 Å². The first-order chi connectivity index (χ1) is 9.52. The summed E-state index contributed by atoms with van der Waals surface area (Å²) in [5.74, 6) is 6.10. The molecule has 1 saturated carbocycles. The summed E-state index contributed by atoms with van der Waals surface area (Å²) in [5, 5.41) is 0. The van der Waals surface area contributed by atoms with Crippen molar-refractivity contribution in [2.45, 2.75) is 51.2 Å². The van der Waals surface area contributed by atoms with Crippen LogP contribution in [0.4, 0.5) is 4.39 Å². The average molecular weight is 280 g/mol. The number of hydrogen-bond donors (Lipinski definition) is 2. The average Bonchev–Trinajstić information content (AvgIpc) is 2.43. The Labute approximate surface area is 120 Å². The molecule has 0 amide bonds. The number of ether oxygens (including phenoxy) is 1. The Hall–Kier alpha value is -0.970. The molecule has 1 aliphatic carbocycles. The van der Waals surface area contributed by atoms with E-state index in [0.29, 0.717) is 11.5 Å². The second-order valence-electron chi connectivity index (χ2n) is 6.10. The maximum atomic E-state index is 14.2. The van der Waals surface area contributed by atoms with Crippen LogP contribution in [0.1, 0.15) is 49.8 Å². The predicted octanol–water partition coefficient (Wildman–Crippen LogP) is 3.23.